The van der Waals surface area contributed by atoms with Crippen LogP contribution in [0.15, 0.2) is 30.6 Å². The summed E-state index contributed by atoms with van der Waals surface area (Å²) in [5.41, 5.74) is 1.13. The van der Waals surface area contributed by atoms with E-state index in [1.54, 1.807) is 24.5 Å². The van der Waals surface area contributed by atoms with Crippen molar-refractivity contribution in [1.82, 2.24) is 14.8 Å². The molecule has 0 atom stereocenters. The Morgan fingerprint density at radius 1 is 1.38 bits per heavy atom. The quantitative estimate of drug-likeness (QED) is 0.765. The second kappa shape index (κ2) is 4.99. The number of ether oxygens (including phenoxy) is 1. The summed E-state index contributed by atoms with van der Waals surface area (Å²) in [7, 11) is 1.91. The van der Waals surface area contributed by atoms with Gasteiger partial charge in [-0.05, 0) is 18.2 Å². The Morgan fingerprint density at radius 3 is 2.94 bits per heavy atom. The van der Waals surface area contributed by atoms with Crippen LogP contribution >= 0.6 is 11.6 Å². The molecule has 84 valence electrons. The van der Waals surface area contributed by atoms with Gasteiger partial charge in [0.15, 0.2) is 10.9 Å². The fourth-order valence-electron chi connectivity index (χ4n) is 1.39. The molecular weight excluding hydrogens is 226 g/mol. The van der Waals surface area contributed by atoms with Gasteiger partial charge in [-0.2, -0.15) is 5.10 Å². The van der Waals surface area contributed by atoms with Gasteiger partial charge in [-0.3, -0.25) is 4.68 Å². The van der Waals surface area contributed by atoms with Crippen LogP contribution in [0.2, 0.25) is 5.15 Å². The lowest BCUT2D eigenvalue weighted by Crippen LogP contribution is -2.06. The summed E-state index contributed by atoms with van der Waals surface area (Å²) >= 11 is 5.86. The van der Waals surface area contributed by atoms with Gasteiger partial charge in [0.1, 0.15) is 0 Å². The van der Waals surface area contributed by atoms with Crippen molar-refractivity contribution in [3.63, 3.8) is 0 Å². The molecule has 0 N–H and O–H groups in total. The van der Waals surface area contributed by atoms with Crippen molar-refractivity contribution in [2.45, 2.75) is 6.42 Å². The molecule has 0 saturated heterocycles. The van der Waals surface area contributed by atoms with Crippen LogP contribution in [-0.4, -0.2) is 21.4 Å². The summed E-state index contributed by atoms with van der Waals surface area (Å²) in [4.78, 5) is 3.94. The van der Waals surface area contributed by atoms with Crippen molar-refractivity contribution in [3.05, 3.63) is 41.4 Å². The molecule has 0 unspecified atom stereocenters. The molecule has 2 heterocycles. The van der Waals surface area contributed by atoms with Gasteiger partial charge in [0.2, 0.25) is 0 Å². The molecule has 4 nitrogen and oxygen atoms in total. The van der Waals surface area contributed by atoms with E-state index in [0.717, 1.165) is 12.1 Å². The SMILES string of the molecule is Cn1nccc1CCOc1cccnc1Cl. The minimum atomic E-state index is 0.396. The van der Waals surface area contributed by atoms with Crippen molar-refractivity contribution in [3.8, 4) is 5.75 Å². The number of aromatic nitrogens is 3. The molecule has 2 aromatic heterocycles. The van der Waals surface area contributed by atoms with E-state index in [1.165, 1.54) is 0 Å². The van der Waals surface area contributed by atoms with E-state index in [9.17, 15) is 0 Å². The first kappa shape index (κ1) is 11.0. The zero-order chi connectivity index (χ0) is 11.4. The van der Waals surface area contributed by atoms with Crippen LogP contribution in [-0.2, 0) is 13.5 Å². The Hall–Kier alpha value is -1.55. The number of rotatable bonds is 4. The molecular formula is C11H12ClN3O. The van der Waals surface area contributed by atoms with Gasteiger partial charge in [0.25, 0.3) is 0 Å². The number of halogens is 1. The molecule has 0 spiro atoms. The lowest BCUT2D eigenvalue weighted by Gasteiger charge is -2.06. The number of aryl methyl sites for hydroxylation is 1. The van der Waals surface area contributed by atoms with Crippen LogP contribution in [0.5, 0.6) is 5.75 Å². The molecule has 0 saturated carbocycles. The van der Waals surface area contributed by atoms with E-state index in [4.69, 9.17) is 16.3 Å². The molecule has 0 aliphatic heterocycles. The lowest BCUT2D eigenvalue weighted by molar-refractivity contribution is 0.317. The lowest BCUT2D eigenvalue weighted by atomic mass is 10.3. The summed E-state index contributed by atoms with van der Waals surface area (Å²) in [6.45, 7) is 0.560. The van der Waals surface area contributed by atoms with Gasteiger partial charge in [-0.1, -0.05) is 11.6 Å². The Balaban J connectivity index is 1.89. The van der Waals surface area contributed by atoms with Gasteiger partial charge in [-0.15, -0.1) is 0 Å². The normalized spacial score (nSPS) is 10.4. The smallest absolute Gasteiger partial charge is 0.171 e. The third-order valence-corrected chi connectivity index (χ3v) is 2.55. The van der Waals surface area contributed by atoms with E-state index in [-0.39, 0.29) is 0 Å². The number of pyridine rings is 1. The maximum atomic E-state index is 5.86. The number of nitrogens with zero attached hydrogens (tertiary/aromatic N) is 3. The maximum absolute atomic E-state index is 5.86. The summed E-state index contributed by atoms with van der Waals surface area (Å²) in [6.07, 6.45) is 4.20. The molecule has 5 heteroatoms. The first-order valence-electron chi connectivity index (χ1n) is 4.97. The molecule has 0 aliphatic rings. The first-order chi connectivity index (χ1) is 7.77. The van der Waals surface area contributed by atoms with Gasteiger partial charge in [0, 0.05) is 31.6 Å². The minimum Gasteiger partial charge on any atom is -0.490 e. The first-order valence-corrected chi connectivity index (χ1v) is 5.35. The predicted molar refractivity (Wildman–Crippen MR) is 61.7 cm³/mol. The van der Waals surface area contributed by atoms with E-state index >= 15 is 0 Å². The summed E-state index contributed by atoms with van der Waals surface area (Å²) in [5.74, 6) is 0.617. The van der Waals surface area contributed by atoms with Crippen molar-refractivity contribution in [2.24, 2.45) is 7.05 Å². The monoisotopic (exact) mass is 237 g/mol. The topological polar surface area (TPSA) is 39.9 Å². The highest BCUT2D eigenvalue weighted by Gasteiger charge is 2.02. The maximum Gasteiger partial charge on any atom is 0.171 e. The molecule has 2 aromatic rings. The van der Waals surface area contributed by atoms with Crippen LogP contribution in [0.25, 0.3) is 0 Å². The standard InChI is InChI=1S/C11H12ClN3O/c1-15-9(4-7-14-15)5-8-16-10-3-2-6-13-11(10)12/h2-4,6-7H,5,8H2,1H3. The van der Waals surface area contributed by atoms with Gasteiger partial charge >= 0.3 is 0 Å². The van der Waals surface area contributed by atoms with Crippen molar-refractivity contribution < 1.29 is 4.74 Å². The number of hydrogen-bond donors (Lipinski definition) is 0. The van der Waals surface area contributed by atoms with Crippen molar-refractivity contribution >= 4 is 11.6 Å². The van der Waals surface area contributed by atoms with Crippen LogP contribution in [0.4, 0.5) is 0 Å². The highest BCUT2D eigenvalue weighted by Crippen LogP contribution is 2.20. The minimum absolute atomic E-state index is 0.396. The average Bonchev–Trinajstić information content (AvgIpc) is 2.67. The second-order valence-electron chi connectivity index (χ2n) is 3.34. The molecule has 0 radical (unpaired) electrons. The fourth-order valence-corrected chi connectivity index (χ4v) is 1.56. The summed E-state index contributed by atoms with van der Waals surface area (Å²) in [5, 5.41) is 4.48. The van der Waals surface area contributed by atoms with E-state index in [2.05, 4.69) is 10.1 Å². The van der Waals surface area contributed by atoms with Crippen LogP contribution in [0.1, 0.15) is 5.69 Å². The average molecular weight is 238 g/mol. The second-order valence-corrected chi connectivity index (χ2v) is 3.69. The van der Waals surface area contributed by atoms with Crippen molar-refractivity contribution in [1.29, 1.82) is 0 Å². The van der Waals surface area contributed by atoms with E-state index in [1.807, 2.05) is 17.8 Å². The summed E-state index contributed by atoms with van der Waals surface area (Å²) < 4.78 is 7.36. The molecule has 0 bridgehead atoms. The highest BCUT2D eigenvalue weighted by molar-refractivity contribution is 6.30. The Labute approximate surface area is 98.8 Å². The van der Waals surface area contributed by atoms with E-state index < -0.39 is 0 Å². The largest absolute Gasteiger partial charge is 0.490 e. The molecule has 0 amide bonds. The zero-order valence-electron chi connectivity index (χ0n) is 8.93. The Kier molecular flexibility index (Phi) is 3.41. The van der Waals surface area contributed by atoms with Crippen molar-refractivity contribution in [2.75, 3.05) is 6.61 Å². The highest BCUT2D eigenvalue weighted by atomic mass is 35.5. The number of hydrogen-bond acceptors (Lipinski definition) is 3. The third-order valence-electron chi connectivity index (χ3n) is 2.26. The van der Waals surface area contributed by atoms with Crippen LogP contribution in [0.3, 0.4) is 0 Å². The Morgan fingerprint density at radius 2 is 2.25 bits per heavy atom. The van der Waals surface area contributed by atoms with Crippen LogP contribution < -0.4 is 4.74 Å². The van der Waals surface area contributed by atoms with Gasteiger partial charge in [0.05, 0.1) is 6.61 Å². The molecule has 0 aromatic carbocycles. The zero-order valence-corrected chi connectivity index (χ0v) is 9.68. The molecule has 0 fully saturated rings. The molecule has 0 aliphatic carbocycles. The Bertz CT molecular complexity index is 470. The predicted octanol–water partition coefficient (Wildman–Crippen LogP) is 2.09. The van der Waals surface area contributed by atoms with E-state index in [0.29, 0.717) is 17.5 Å². The van der Waals surface area contributed by atoms with Gasteiger partial charge in [-0.25, -0.2) is 4.98 Å². The third kappa shape index (κ3) is 2.52. The molecule has 16 heavy (non-hydrogen) atoms. The van der Waals surface area contributed by atoms with Gasteiger partial charge < -0.3 is 4.74 Å². The molecule has 2 rings (SSSR count). The van der Waals surface area contributed by atoms with Crippen LogP contribution in [0, 0.1) is 0 Å². The fraction of sp³-hybridized carbons (Fsp3) is 0.273. The summed E-state index contributed by atoms with van der Waals surface area (Å²) in [6, 6.07) is 5.57.